The molecule has 1 fully saturated rings. The molecule has 1 aromatic heterocycles. The molecule has 1 aliphatic rings. The zero-order valence-electron chi connectivity index (χ0n) is 15.6. The summed E-state index contributed by atoms with van der Waals surface area (Å²) in [6.07, 6.45) is 3.28. The first-order chi connectivity index (χ1) is 13.0. The average Bonchev–Trinajstić information content (AvgIpc) is 2.97. The van der Waals surface area contributed by atoms with Gasteiger partial charge in [0.1, 0.15) is 5.82 Å². The second kappa shape index (κ2) is 9.01. The summed E-state index contributed by atoms with van der Waals surface area (Å²) in [5.41, 5.74) is 0.873. The van der Waals surface area contributed by atoms with Gasteiger partial charge in [0.15, 0.2) is 4.80 Å². The van der Waals surface area contributed by atoms with Crippen molar-refractivity contribution < 1.29 is 14.0 Å². The molecule has 0 radical (unpaired) electrons. The first kappa shape index (κ1) is 20.1. The number of fused-ring (bicyclic) bond motifs is 1. The first-order valence-electron chi connectivity index (χ1n) is 9.23. The third kappa shape index (κ3) is 4.79. The van der Waals surface area contributed by atoms with Gasteiger partial charge >= 0.3 is 0 Å². The van der Waals surface area contributed by atoms with Crippen LogP contribution in [0.4, 0.5) is 4.39 Å². The number of aryl methyl sites for hydroxylation is 1. The van der Waals surface area contributed by atoms with Gasteiger partial charge in [-0.3, -0.25) is 9.59 Å². The molecule has 27 heavy (non-hydrogen) atoms. The third-order valence-corrected chi connectivity index (χ3v) is 6.70. The van der Waals surface area contributed by atoms with E-state index in [1.54, 1.807) is 6.07 Å². The Bertz CT molecular complexity index is 906. The van der Waals surface area contributed by atoms with Gasteiger partial charge in [-0.1, -0.05) is 11.3 Å². The Kier molecular flexibility index (Phi) is 6.70. The molecule has 3 rings (SSSR count). The highest BCUT2D eigenvalue weighted by molar-refractivity contribution is 8.00. The molecule has 1 saturated heterocycles. The van der Waals surface area contributed by atoms with Crippen LogP contribution >= 0.6 is 23.1 Å². The summed E-state index contributed by atoms with van der Waals surface area (Å²) in [5, 5.41) is 0. The summed E-state index contributed by atoms with van der Waals surface area (Å²) in [4.78, 5) is 31.3. The van der Waals surface area contributed by atoms with Crippen LogP contribution in [-0.2, 0) is 16.1 Å². The Balaban J connectivity index is 1.63. The van der Waals surface area contributed by atoms with Crippen LogP contribution in [0, 0.1) is 5.82 Å². The van der Waals surface area contributed by atoms with Gasteiger partial charge in [0.2, 0.25) is 5.91 Å². The fraction of sp³-hybridized carbons (Fsp3) is 0.526. The van der Waals surface area contributed by atoms with Crippen molar-refractivity contribution in [3.8, 4) is 0 Å². The molecule has 1 atom stereocenters. The van der Waals surface area contributed by atoms with Gasteiger partial charge in [-0.15, -0.1) is 11.8 Å². The monoisotopic (exact) mass is 409 g/mol. The maximum atomic E-state index is 13.4. The van der Waals surface area contributed by atoms with Crippen LogP contribution in [0.25, 0.3) is 10.2 Å². The highest BCUT2D eigenvalue weighted by atomic mass is 32.2. The molecular formula is C19H24FN3O2S2. The number of carbonyl (C=O) groups is 2. The molecule has 1 aromatic carbocycles. The van der Waals surface area contributed by atoms with Gasteiger partial charge in [0.25, 0.3) is 5.91 Å². The van der Waals surface area contributed by atoms with Gasteiger partial charge in [-0.2, -0.15) is 4.99 Å². The van der Waals surface area contributed by atoms with E-state index in [4.69, 9.17) is 0 Å². The number of thioether (sulfide) groups is 1. The number of likely N-dealkylation sites (tertiary alicyclic amines) is 1. The summed E-state index contributed by atoms with van der Waals surface area (Å²) in [5.74, 6) is -0.00217. The molecule has 0 bridgehead atoms. The summed E-state index contributed by atoms with van der Waals surface area (Å²) in [6.45, 7) is 5.51. The molecule has 146 valence electrons. The standard InChI is InChI=1S/C19H24FN3O2S2/c1-3-22-15-8-7-14(20)10-16(15)27-19(22)21-17(24)11-26-12-18(25)23-9-5-4-6-13(23)2/h7-8,10,13H,3-6,9,11-12H2,1-2H3. The Morgan fingerprint density at radius 1 is 1.33 bits per heavy atom. The smallest absolute Gasteiger partial charge is 0.258 e. The van der Waals surface area contributed by atoms with E-state index < -0.39 is 0 Å². The van der Waals surface area contributed by atoms with Crippen LogP contribution in [0.1, 0.15) is 33.1 Å². The molecule has 5 nitrogen and oxygen atoms in total. The predicted molar refractivity (Wildman–Crippen MR) is 108 cm³/mol. The van der Waals surface area contributed by atoms with Crippen molar-refractivity contribution in [3.63, 3.8) is 0 Å². The van der Waals surface area contributed by atoms with Crippen molar-refractivity contribution in [1.29, 1.82) is 0 Å². The van der Waals surface area contributed by atoms with Gasteiger partial charge < -0.3 is 9.47 Å². The predicted octanol–water partition coefficient (Wildman–Crippen LogP) is 3.42. The Labute approximate surface area is 166 Å². The quantitative estimate of drug-likeness (QED) is 0.760. The lowest BCUT2D eigenvalue weighted by Crippen LogP contribution is -2.43. The topological polar surface area (TPSA) is 54.7 Å². The number of benzene rings is 1. The highest BCUT2D eigenvalue weighted by Crippen LogP contribution is 2.19. The van der Waals surface area contributed by atoms with Crippen molar-refractivity contribution in [2.24, 2.45) is 4.99 Å². The number of rotatable bonds is 5. The van der Waals surface area contributed by atoms with E-state index in [1.807, 2.05) is 16.4 Å². The van der Waals surface area contributed by atoms with E-state index in [1.165, 1.54) is 41.7 Å². The summed E-state index contributed by atoms with van der Waals surface area (Å²) in [7, 11) is 0. The SMILES string of the molecule is CCn1c(=NC(=O)CSCC(=O)N2CCCCC2C)sc2cc(F)ccc21. The molecular weight excluding hydrogens is 385 g/mol. The van der Waals surface area contributed by atoms with E-state index in [2.05, 4.69) is 11.9 Å². The van der Waals surface area contributed by atoms with Crippen molar-refractivity contribution in [1.82, 2.24) is 9.47 Å². The number of nitrogens with zero attached hydrogens (tertiary/aromatic N) is 3. The molecule has 1 unspecified atom stereocenters. The van der Waals surface area contributed by atoms with E-state index in [0.717, 1.165) is 29.6 Å². The summed E-state index contributed by atoms with van der Waals surface area (Å²) < 4.78 is 16.1. The lowest BCUT2D eigenvalue weighted by Gasteiger charge is -2.33. The van der Waals surface area contributed by atoms with Gasteiger partial charge in [0.05, 0.1) is 21.7 Å². The second-order valence-electron chi connectivity index (χ2n) is 6.67. The lowest BCUT2D eigenvalue weighted by atomic mass is 10.0. The molecule has 0 N–H and O–H groups in total. The summed E-state index contributed by atoms with van der Waals surface area (Å²) >= 11 is 2.61. The fourth-order valence-corrected chi connectivity index (χ4v) is 5.17. The van der Waals surface area contributed by atoms with Crippen molar-refractivity contribution in [2.75, 3.05) is 18.1 Å². The molecule has 2 amide bonds. The van der Waals surface area contributed by atoms with Crippen molar-refractivity contribution >= 4 is 45.1 Å². The number of amides is 2. The molecule has 2 heterocycles. The number of thiazole rings is 1. The number of hydrogen-bond donors (Lipinski definition) is 0. The summed E-state index contributed by atoms with van der Waals surface area (Å²) in [6, 6.07) is 4.87. The van der Waals surface area contributed by atoms with E-state index in [-0.39, 0.29) is 29.4 Å². The minimum Gasteiger partial charge on any atom is -0.339 e. The zero-order chi connectivity index (χ0) is 19.4. The number of hydrogen-bond acceptors (Lipinski definition) is 4. The van der Waals surface area contributed by atoms with Gasteiger partial charge in [-0.25, -0.2) is 4.39 Å². The van der Waals surface area contributed by atoms with Crippen LogP contribution in [0.15, 0.2) is 23.2 Å². The third-order valence-electron chi connectivity index (χ3n) is 4.76. The van der Waals surface area contributed by atoms with Gasteiger partial charge in [0, 0.05) is 19.1 Å². The van der Waals surface area contributed by atoms with E-state index in [0.29, 0.717) is 17.1 Å². The Morgan fingerprint density at radius 2 is 2.15 bits per heavy atom. The van der Waals surface area contributed by atoms with Gasteiger partial charge in [-0.05, 0) is 51.3 Å². The maximum Gasteiger partial charge on any atom is 0.258 e. The molecule has 0 saturated carbocycles. The first-order valence-corrected chi connectivity index (χ1v) is 11.2. The number of halogens is 1. The normalized spacial score (nSPS) is 18.3. The van der Waals surface area contributed by atoms with E-state index >= 15 is 0 Å². The van der Waals surface area contributed by atoms with E-state index in [9.17, 15) is 14.0 Å². The number of piperidine rings is 1. The second-order valence-corrected chi connectivity index (χ2v) is 8.67. The maximum absolute atomic E-state index is 13.4. The minimum absolute atomic E-state index is 0.0981. The molecule has 0 aliphatic carbocycles. The van der Waals surface area contributed by atoms with Crippen LogP contribution < -0.4 is 4.80 Å². The number of aromatic nitrogens is 1. The molecule has 1 aliphatic heterocycles. The average molecular weight is 410 g/mol. The molecule has 2 aromatic rings. The Hall–Kier alpha value is -1.67. The van der Waals surface area contributed by atoms with Crippen molar-refractivity contribution in [3.05, 3.63) is 28.8 Å². The van der Waals surface area contributed by atoms with Crippen LogP contribution in [0.5, 0.6) is 0 Å². The largest absolute Gasteiger partial charge is 0.339 e. The Morgan fingerprint density at radius 3 is 2.89 bits per heavy atom. The van der Waals surface area contributed by atoms with Crippen LogP contribution in [-0.4, -0.2) is 45.4 Å². The number of carbonyl (C=O) groups excluding carboxylic acids is 2. The zero-order valence-corrected chi connectivity index (χ0v) is 17.2. The minimum atomic E-state index is -0.300. The highest BCUT2D eigenvalue weighted by Gasteiger charge is 2.22. The molecule has 0 spiro atoms. The van der Waals surface area contributed by atoms with Crippen molar-refractivity contribution in [2.45, 2.75) is 45.7 Å². The lowest BCUT2D eigenvalue weighted by molar-refractivity contribution is -0.131. The molecule has 8 heteroatoms. The fourth-order valence-electron chi connectivity index (χ4n) is 3.35. The van der Waals surface area contributed by atoms with Crippen LogP contribution in [0.2, 0.25) is 0 Å². The van der Waals surface area contributed by atoms with Crippen LogP contribution in [0.3, 0.4) is 0 Å².